The molecule has 1 aromatic rings. The Labute approximate surface area is 221 Å². The van der Waals surface area contributed by atoms with E-state index in [1.54, 1.807) is 24.3 Å². The number of carboxylic acids is 2. The fourth-order valence-corrected chi connectivity index (χ4v) is 3.32. The molecule has 8 nitrogen and oxygen atoms in total. The van der Waals surface area contributed by atoms with Gasteiger partial charge in [-0.3, -0.25) is 4.79 Å². The molecule has 1 rings (SSSR count). The van der Waals surface area contributed by atoms with Gasteiger partial charge in [0, 0.05) is 5.57 Å². The second kappa shape index (κ2) is 21.0. The Hall–Kier alpha value is -3.16. The van der Waals surface area contributed by atoms with Gasteiger partial charge < -0.3 is 19.7 Å². The average Bonchev–Trinajstić information content (AvgIpc) is 2.88. The fourth-order valence-electron chi connectivity index (χ4n) is 3.32. The Balaban J connectivity index is 0.000000712. The van der Waals surface area contributed by atoms with E-state index in [1.807, 2.05) is 27.7 Å². The maximum atomic E-state index is 11.9. The van der Waals surface area contributed by atoms with E-state index in [9.17, 15) is 19.2 Å². The standard InChI is InChI=1S/C16H22O4.C13H22O4/c1-3-5-11-19-15(17)13-9-7-8-10-14(13)16(18)20-12-6-4-2;1-3-5-7-10(8-6-4-2)11(13(16)17)9-12(14)15/h7-10H,3-6,11-12H2,1-2H3;3-9H2,1-2H3,(H,14,15)(H,16,17). The van der Waals surface area contributed by atoms with Gasteiger partial charge in [-0.25, -0.2) is 14.4 Å². The van der Waals surface area contributed by atoms with E-state index < -0.39 is 23.9 Å². The summed E-state index contributed by atoms with van der Waals surface area (Å²) in [5.74, 6) is -3.11. The van der Waals surface area contributed by atoms with Crippen molar-refractivity contribution in [3.63, 3.8) is 0 Å². The third kappa shape index (κ3) is 14.9. The molecular formula is C29H44O8. The molecule has 0 amide bonds. The van der Waals surface area contributed by atoms with Crippen molar-refractivity contribution in [3.8, 4) is 0 Å². The van der Waals surface area contributed by atoms with Gasteiger partial charge in [-0.2, -0.15) is 0 Å². The molecule has 0 heterocycles. The lowest BCUT2D eigenvalue weighted by Gasteiger charge is -2.10. The number of ether oxygens (including phenoxy) is 2. The SMILES string of the molecule is CCCCC(CCCC)=C(CC(=O)O)C(=O)O.CCCCOC(=O)c1ccccc1C(=O)OCCCC. The number of carbonyl (C=O) groups excluding carboxylic acids is 2. The quantitative estimate of drug-likeness (QED) is 0.130. The minimum absolute atomic E-state index is 0.0828. The summed E-state index contributed by atoms with van der Waals surface area (Å²) >= 11 is 0. The lowest BCUT2D eigenvalue weighted by atomic mass is 9.95. The highest BCUT2D eigenvalue weighted by Crippen LogP contribution is 2.22. The highest BCUT2D eigenvalue weighted by molar-refractivity contribution is 6.03. The zero-order chi connectivity index (χ0) is 28.1. The van der Waals surface area contributed by atoms with E-state index in [1.165, 1.54) is 0 Å². The van der Waals surface area contributed by atoms with Crippen LogP contribution in [0.15, 0.2) is 35.4 Å². The Bertz CT molecular complexity index is 821. The average molecular weight is 521 g/mol. The molecule has 0 fully saturated rings. The van der Waals surface area contributed by atoms with Crippen LogP contribution in [-0.2, 0) is 19.1 Å². The van der Waals surface area contributed by atoms with Crippen LogP contribution in [0.3, 0.4) is 0 Å². The largest absolute Gasteiger partial charge is 0.481 e. The molecule has 0 bridgehead atoms. The van der Waals surface area contributed by atoms with Gasteiger partial charge in [-0.15, -0.1) is 0 Å². The molecule has 0 atom stereocenters. The predicted molar refractivity (Wildman–Crippen MR) is 143 cm³/mol. The fraction of sp³-hybridized carbons (Fsp3) is 0.586. The minimum Gasteiger partial charge on any atom is -0.481 e. The summed E-state index contributed by atoms with van der Waals surface area (Å²) in [6, 6.07) is 6.59. The van der Waals surface area contributed by atoms with E-state index in [2.05, 4.69) is 0 Å². The van der Waals surface area contributed by atoms with Crippen molar-refractivity contribution in [3.05, 3.63) is 46.5 Å². The summed E-state index contributed by atoms with van der Waals surface area (Å²) in [4.78, 5) is 45.6. The first-order chi connectivity index (χ1) is 17.7. The molecule has 0 saturated heterocycles. The minimum atomic E-state index is -1.09. The number of allylic oxidation sites excluding steroid dienone is 1. The van der Waals surface area contributed by atoms with Crippen molar-refractivity contribution in [2.24, 2.45) is 0 Å². The van der Waals surface area contributed by atoms with Crippen LogP contribution < -0.4 is 0 Å². The van der Waals surface area contributed by atoms with Crippen molar-refractivity contribution in [2.75, 3.05) is 13.2 Å². The van der Waals surface area contributed by atoms with Crippen LogP contribution in [0.25, 0.3) is 0 Å². The summed E-state index contributed by atoms with van der Waals surface area (Å²) in [7, 11) is 0. The highest BCUT2D eigenvalue weighted by Gasteiger charge is 2.19. The van der Waals surface area contributed by atoms with Crippen LogP contribution in [0.1, 0.15) is 119 Å². The van der Waals surface area contributed by atoms with E-state index in [4.69, 9.17) is 19.7 Å². The number of carbonyl (C=O) groups is 4. The van der Waals surface area contributed by atoms with Gasteiger partial charge in [0.2, 0.25) is 0 Å². The summed E-state index contributed by atoms with van der Waals surface area (Å²) in [5.41, 5.74) is 1.43. The topological polar surface area (TPSA) is 127 Å². The maximum Gasteiger partial charge on any atom is 0.339 e. The number of aliphatic carboxylic acids is 2. The highest BCUT2D eigenvalue weighted by atomic mass is 16.5. The van der Waals surface area contributed by atoms with Crippen LogP contribution in [0.2, 0.25) is 0 Å². The Morgan fingerprint density at radius 1 is 0.676 bits per heavy atom. The van der Waals surface area contributed by atoms with Crippen LogP contribution in [0.4, 0.5) is 0 Å². The molecular weight excluding hydrogens is 476 g/mol. The van der Waals surface area contributed by atoms with E-state index in [0.717, 1.165) is 56.9 Å². The molecule has 0 aliphatic carbocycles. The Morgan fingerprint density at radius 3 is 1.41 bits per heavy atom. The molecule has 0 aliphatic heterocycles. The molecule has 0 aliphatic rings. The van der Waals surface area contributed by atoms with Gasteiger partial charge in [0.15, 0.2) is 0 Å². The van der Waals surface area contributed by atoms with Crippen LogP contribution in [-0.4, -0.2) is 47.3 Å². The van der Waals surface area contributed by atoms with Gasteiger partial charge in [0.25, 0.3) is 0 Å². The molecule has 0 radical (unpaired) electrons. The lowest BCUT2D eigenvalue weighted by molar-refractivity contribution is -0.139. The third-order valence-electron chi connectivity index (χ3n) is 5.51. The number of hydrogen-bond donors (Lipinski definition) is 2. The summed E-state index contributed by atoms with van der Waals surface area (Å²) in [6.45, 7) is 8.85. The second-order valence-electron chi connectivity index (χ2n) is 8.69. The Morgan fingerprint density at radius 2 is 1.08 bits per heavy atom. The Kier molecular flexibility index (Phi) is 19.2. The predicted octanol–water partition coefficient (Wildman–Crippen LogP) is 6.82. The molecule has 208 valence electrons. The maximum absolute atomic E-state index is 11.9. The van der Waals surface area contributed by atoms with Gasteiger partial charge >= 0.3 is 23.9 Å². The van der Waals surface area contributed by atoms with E-state index >= 15 is 0 Å². The zero-order valence-corrected chi connectivity index (χ0v) is 22.8. The van der Waals surface area contributed by atoms with Crippen molar-refractivity contribution in [1.29, 1.82) is 0 Å². The van der Waals surface area contributed by atoms with Crippen molar-refractivity contribution in [2.45, 2.75) is 98.3 Å². The lowest BCUT2D eigenvalue weighted by Crippen LogP contribution is -2.14. The molecule has 0 unspecified atom stereocenters. The molecule has 1 aromatic carbocycles. The number of carboxylic acid groups (broad SMARTS) is 2. The third-order valence-corrected chi connectivity index (χ3v) is 5.51. The smallest absolute Gasteiger partial charge is 0.339 e. The van der Waals surface area contributed by atoms with Gasteiger partial charge in [0.05, 0.1) is 30.8 Å². The molecule has 37 heavy (non-hydrogen) atoms. The first-order valence-corrected chi connectivity index (χ1v) is 13.3. The second-order valence-corrected chi connectivity index (χ2v) is 8.69. The van der Waals surface area contributed by atoms with Crippen LogP contribution >= 0.6 is 0 Å². The van der Waals surface area contributed by atoms with Crippen molar-refractivity contribution in [1.82, 2.24) is 0 Å². The van der Waals surface area contributed by atoms with Gasteiger partial charge in [0.1, 0.15) is 0 Å². The molecule has 0 saturated carbocycles. The normalized spacial score (nSPS) is 10.1. The van der Waals surface area contributed by atoms with Gasteiger partial charge in [-0.05, 0) is 50.7 Å². The van der Waals surface area contributed by atoms with Crippen molar-refractivity contribution < 1.29 is 38.9 Å². The zero-order valence-electron chi connectivity index (χ0n) is 22.8. The summed E-state index contributed by atoms with van der Waals surface area (Å²) in [6.07, 6.45) is 8.34. The number of hydrogen-bond acceptors (Lipinski definition) is 6. The summed E-state index contributed by atoms with van der Waals surface area (Å²) in [5, 5.41) is 17.8. The number of unbranched alkanes of at least 4 members (excludes halogenated alkanes) is 4. The van der Waals surface area contributed by atoms with E-state index in [-0.39, 0.29) is 23.1 Å². The first kappa shape index (κ1) is 33.8. The monoisotopic (exact) mass is 520 g/mol. The molecule has 8 heteroatoms. The molecule has 2 N–H and O–H groups in total. The van der Waals surface area contributed by atoms with Crippen LogP contribution in [0, 0.1) is 0 Å². The number of rotatable bonds is 17. The van der Waals surface area contributed by atoms with E-state index in [0.29, 0.717) is 26.1 Å². The van der Waals surface area contributed by atoms with Crippen molar-refractivity contribution >= 4 is 23.9 Å². The number of benzene rings is 1. The molecule has 0 aromatic heterocycles. The number of esters is 2. The first-order valence-electron chi connectivity index (χ1n) is 13.3. The summed E-state index contributed by atoms with van der Waals surface area (Å²) < 4.78 is 10.3. The van der Waals surface area contributed by atoms with Crippen LogP contribution in [0.5, 0.6) is 0 Å². The molecule has 0 spiro atoms. The van der Waals surface area contributed by atoms with Gasteiger partial charge in [-0.1, -0.05) is 71.1 Å².